The molecule has 0 saturated heterocycles. The van der Waals surface area contributed by atoms with Crippen LogP contribution >= 0.6 is 0 Å². The molecule has 0 bridgehead atoms. The first kappa shape index (κ1) is 11.7. The van der Waals surface area contributed by atoms with Crippen molar-refractivity contribution in [3.8, 4) is 0 Å². The van der Waals surface area contributed by atoms with Crippen LogP contribution in [0.5, 0.6) is 0 Å². The summed E-state index contributed by atoms with van der Waals surface area (Å²) >= 11 is 0. The molecule has 0 aromatic heterocycles. The molecule has 0 heterocycles. The van der Waals surface area contributed by atoms with E-state index in [-0.39, 0.29) is 11.1 Å². The lowest BCUT2D eigenvalue weighted by molar-refractivity contribution is 0.214. The van der Waals surface area contributed by atoms with Gasteiger partial charge in [0.05, 0.1) is 0 Å². The van der Waals surface area contributed by atoms with E-state index in [0.29, 0.717) is 0 Å². The van der Waals surface area contributed by atoms with Crippen molar-refractivity contribution in [2.75, 3.05) is 0 Å². The molecule has 2 aromatic carbocycles. The van der Waals surface area contributed by atoms with Gasteiger partial charge in [-0.05, 0) is 35.9 Å². The molecule has 1 N–H and O–H groups in total. The fourth-order valence-corrected chi connectivity index (χ4v) is 1.58. The van der Waals surface area contributed by atoms with Crippen LogP contribution in [0.2, 0.25) is 0 Å². The third-order valence-corrected chi connectivity index (χ3v) is 2.42. The molecule has 0 saturated carbocycles. The highest BCUT2D eigenvalue weighted by atomic mass is 19.1. The summed E-state index contributed by atoms with van der Waals surface area (Å²) in [5.74, 6) is -1.93. The highest BCUT2D eigenvalue weighted by molar-refractivity contribution is 5.31. The Balaban J connectivity index is 2.43. The second kappa shape index (κ2) is 4.59. The number of hydrogen-bond acceptors (Lipinski definition) is 1. The maximum absolute atomic E-state index is 13.4. The van der Waals surface area contributed by atoms with Crippen molar-refractivity contribution in [3.63, 3.8) is 0 Å². The molecule has 4 heteroatoms. The summed E-state index contributed by atoms with van der Waals surface area (Å²) in [7, 11) is 0. The molecule has 0 fully saturated rings. The number of hydrogen-bond donors (Lipinski definition) is 1. The summed E-state index contributed by atoms with van der Waals surface area (Å²) in [6.07, 6.45) is -1.39. The largest absolute Gasteiger partial charge is 0.384 e. The smallest absolute Gasteiger partial charge is 0.129 e. The van der Waals surface area contributed by atoms with Gasteiger partial charge in [0, 0.05) is 5.56 Å². The van der Waals surface area contributed by atoms with E-state index in [1.54, 1.807) is 0 Å². The first-order valence-corrected chi connectivity index (χ1v) is 4.96. The highest BCUT2D eigenvalue weighted by Gasteiger charge is 2.16. The summed E-state index contributed by atoms with van der Waals surface area (Å²) < 4.78 is 39.3. The van der Waals surface area contributed by atoms with Crippen LogP contribution in [-0.2, 0) is 0 Å². The van der Waals surface area contributed by atoms with Crippen molar-refractivity contribution in [1.29, 1.82) is 0 Å². The maximum atomic E-state index is 13.4. The lowest BCUT2D eigenvalue weighted by atomic mass is 10.0. The fourth-order valence-electron chi connectivity index (χ4n) is 1.58. The first-order valence-electron chi connectivity index (χ1n) is 4.96. The number of rotatable bonds is 2. The van der Waals surface area contributed by atoms with Crippen molar-refractivity contribution < 1.29 is 18.3 Å². The molecule has 0 aliphatic heterocycles. The van der Waals surface area contributed by atoms with Crippen LogP contribution in [0.25, 0.3) is 0 Å². The summed E-state index contributed by atoms with van der Waals surface area (Å²) in [5, 5.41) is 9.85. The van der Waals surface area contributed by atoms with Crippen LogP contribution in [0.4, 0.5) is 13.2 Å². The van der Waals surface area contributed by atoms with Gasteiger partial charge in [-0.1, -0.05) is 12.1 Å². The van der Waals surface area contributed by atoms with Crippen LogP contribution in [0, 0.1) is 17.5 Å². The van der Waals surface area contributed by atoms with Crippen molar-refractivity contribution in [1.82, 2.24) is 0 Å². The zero-order valence-corrected chi connectivity index (χ0v) is 8.70. The molecule has 0 radical (unpaired) electrons. The van der Waals surface area contributed by atoms with Crippen LogP contribution in [-0.4, -0.2) is 5.11 Å². The van der Waals surface area contributed by atoms with Gasteiger partial charge in [0.15, 0.2) is 0 Å². The van der Waals surface area contributed by atoms with Gasteiger partial charge in [-0.3, -0.25) is 0 Å². The minimum atomic E-state index is -1.39. The average Bonchev–Trinajstić information content (AvgIpc) is 2.31. The van der Waals surface area contributed by atoms with Gasteiger partial charge in [-0.15, -0.1) is 0 Å². The molecule has 2 rings (SSSR count). The number of halogens is 3. The second-order valence-corrected chi connectivity index (χ2v) is 3.62. The number of aliphatic hydroxyl groups excluding tert-OH is 1. The van der Waals surface area contributed by atoms with Crippen molar-refractivity contribution >= 4 is 0 Å². The summed E-state index contributed by atoms with van der Waals surface area (Å²) in [6, 6.07) is 7.89. The van der Waals surface area contributed by atoms with Gasteiger partial charge < -0.3 is 5.11 Å². The van der Waals surface area contributed by atoms with Crippen molar-refractivity contribution in [2.45, 2.75) is 6.10 Å². The molecule has 0 aliphatic rings. The standard InChI is InChI=1S/C13H9F3O/c14-9-3-1-2-8(6-9)13(17)11-7-10(15)4-5-12(11)16/h1-7,13,17H. The second-order valence-electron chi connectivity index (χ2n) is 3.62. The lowest BCUT2D eigenvalue weighted by Crippen LogP contribution is -2.03. The van der Waals surface area contributed by atoms with Crippen LogP contribution in [0.3, 0.4) is 0 Å². The van der Waals surface area contributed by atoms with E-state index in [4.69, 9.17) is 0 Å². The van der Waals surface area contributed by atoms with Gasteiger partial charge in [0.1, 0.15) is 23.6 Å². The van der Waals surface area contributed by atoms with Crippen LogP contribution < -0.4 is 0 Å². The Morgan fingerprint density at radius 1 is 0.882 bits per heavy atom. The quantitative estimate of drug-likeness (QED) is 0.851. The Bertz CT molecular complexity index is 540. The predicted molar refractivity (Wildman–Crippen MR) is 56.8 cm³/mol. The normalized spacial score (nSPS) is 12.5. The Hall–Kier alpha value is -1.81. The fraction of sp³-hybridized carbons (Fsp3) is 0.0769. The van der Waals surface area contributed by atoms with Crippen molar-refractivity contribution in [3.05, 3.63) is 71.0 Å². The Kier molecular flexibility index (Phi) is 3.15. The Morgan fingerprint density at radius 2 is 1.59 bits per heavy atom. The summed E-state index contributed by atoms with van der Waals surface area (Å²) in [4.78, 5) is 0. The molecule has 88 valence electrons. The van der Waals surface area contributed by atoms with Crippen LogP contribution in [0.15, 0.2) is 42.5 Å². The van der Waals surface area contributed by atoms with Gasteiger partial charge in [0.2, 0.25) is 0 Å². The molecule has 2 aromatic rings. The minimum absolute atomic E-state index is 0.175. The Morgan fingerprint density at radius 3 is 2.29 bits per heavy atom. The molecule has 0 amide bonds. The summed E-state index contributed by atoms with van der Waals surface area (Å²) in [5.41, 5.74) is -0.0369. The zero-order chi connectivity index (χ0) is 12.4. The number of benzene rings is 2. The minimum Gasteiger partial charge on any atom is -0.384 e. The van der Waals surface area contributed by atoms with Gasteiger partial charge in [-0.2, -0.15) is 0 Å². The van der Waals surface area contributed by atoms with Gasteiger partial charge in [0.25, 0.3) is 0 Å². The first-order chi connectivity index (χ1) is 8.08. The van der Waals surface area contributed by atoms with E-state index in [9.17, 15) is 18.3 Å². The lowest BCUT2D eigenvalue weighted by Gasteiger charge is -2.12. The predicted octanol–water partition coefficient (Wildman–Crippen LogP) is 3.19. The maximum Gasteiger partial charge on any atom is 0.129 e. The molecular formula is C13H9F3O. The molecular weight excluding hydrogens is 229 g/mol. The zero-order valence-electron chi connectivity index (χ0n) is 8.70. The molecule has 1 nitrogen and oxygen atoms in total. The monoisotopic (exact) mass is 238 g/mol. The third-order valence-electron chi connectivity index (χ3n) is 2.42. The molecule has 1 unspecified atom stereocenters. The van der Waals surface area contributed by atoms with E-state index < -0.39 is 23.6 Å². The van der Waals surface area contributed by atoms with E-state index in [1.165, 1.54) is 18.2 Å². The van der Waals surface area contributed by atoms with Crippen LogP contribution in [0.1, 0.15) is 17.2 Å². The highest BCUT2D eigenvalue weighted by Crippen LogP contribution is 2.25. The van der Waals surface area contributed by atoms with Gasteiger partial charge >= 0.3 is 0 Å². The van der Waals surface area contributed by atoms with E-state index in [1.807, 2.05) is 0 Å². The Labute approximate surface area is 96.1 Å². The molecule has 17 heavy (non-hydrogen) atoms. The topological polar surface area (TPSA) is 20.2 Å². The summed E-state index contributed by atoms with van der Waals surface area (Å²) in [6.45, 7) is 0. The van der Waals surface area contributed by atoms with E-state index in [0.717, 1.165) is 24.3 Å². The third kappa shape index (κ3) is 2.47. The van der Waals surface area contributed by atoms with E-state index >= 15 is 0 Å². The molecule has 0 aliphatic carbocycles. The van der Waals surface area contributed by atoms with Gasteiger partial charge in [-0.25, -0.2) is 13.2 Å². The number of aliphatic hydroxyl groups is 1. The van der Waals surface area contributed by atoms with E-state index in [2.05, 4.69) is 0 Å². The molecule has 0 spiro atoms. The average molecular weight is 238 g/mol. The SMILES string of the molecule is OC(c1cccc(F)c1)c1cc(F)ccc1F. The van der Waals surface area contributed by atoms with Crippen molar-refractivity contribution in [2.24, 2.45) is 0 Å². The molecule has 1 atom stereocenters.